The minimum atomic E-state index is -1.10. The Morgan fingerprint density at radius 1 is 1.05 bits per heavy atom. The standard InChI is InChI=1S/C32H36FN5O3/c1-29(7-8-29)28-35-26(38-41-28)30-9-11-32(12-10-30,22(33)17-30)23(34-27(39)31-14-18(15-31)16-31)20-3-2-4-21(13-20)25-37-36-24(40-25)19-5-6-19/h2-4,13,18-19,22-23H,5-12,14-17H2,1H3,(H,34,39). The van der Waals surface area contributed by atoms with Gasteiger partial charge < -0.3 is 14.3 Å². The molecule has 8 fully saturated rings. The Morgan fingerprint density at radius 2 is 1.83 bits per heavy atom. The lowest BCUT2D eigenvalue weighted by atomic mass is 9.44. The van der Waals surface area contributed by atoms with Crippen LogP contribution in [0, 0.1) is 16.7 Å². The van der Waals surface area contributed by atoms with Crippen LogP contribution in [0.5, 0.6) is 0 Å². The number of carbonyl (C=O) groups is 1. The molecule has 8 aliphatic rings. The third-order valence-electron chi connectivity index (χ3n) is 12.0. The number of nitrogens with zero attached hydrogens (tertiary/aromatic N) is 4. The van der Waals surface area contributed by atoms with Gasteiger partial charge in [-0.15, -0.1) is 10.2 Å². The van der Waals surface area contributed by atoms with Crippen LogP contribution in [0.1, 0.15) is 119 Å². The van der Waals surface area contributed by atoms with Crippen LogP contribution in [0.15, 0.2) is 33.2 Å². The summed E-state index contributed by atoms with van der Waals surface area (Å²) in [5.74, 6) is 3.71. The van der Waals surface area contributed by atoms with Crippen LogP contribution in [0.3, 0.4) is 0 Å². The molecule has 3 aromatic rings. The van der Waals surface area contributed by atoms with Crippen molar-refractivity contribution < 1.29 is 18.1 Å². The average molecular weight is 558 g/mol. The second kappa shape index (κ2) is 8.04. The highest BCUT2D eigenvalue weighted by molar-refractivity contribution is 5.86. The van der Waals surface area contributed by atoms with Gasteiger partial charge in [0, 0.05) is 33.1 Å². The van der Waals surface area contributed by atoms with Crippen molar-refractivity contribution in [2.24, 2.45) is 16.7 Å². The zero-order valence-corrected chi connectivity index (χ0v) is 23.5. The van der Waals surface area contributed by atoms with Gasteiger partial charge in [-0.2, -0.15) is 4.98 Å². The lowest BCUT2D eigenvalue weighted by Crippen LogP contribution is -2.63. The number of hydrogen-bond donors (Lipinski definition) is 1. The van der Waals surface area contributed by atoms with Crippen molar-refractivity contribution in [1.29, 1.82) is 0 Å². The Kier molecular flexibility index (Phi) is 4.80. The van der Waals surface area contributed by atoms with Crippen LogP contribution >= 0.6 is 0 Å². The number of benzene rings is 1. The van der Waals surface area contributed by atoms with E-state index in [1.807, 2.05) is 24.3 Å². The molecule has 8 nitrogen and oxygen atoms in total. The summed E-state index contributed by atoms with van der Waals surface area (Å²) in [6.07, 6.45) is 9.34. The number of fused-ring (bicyclic) bond motifs is 3. The van der Waals surface area contributed by atoms with Gasteiger partial charge >= 0.3 is 0 Å². The first-order chi connectivity index (χ1) is 19.8. The summed E-state index contributed by atoms with van der Waals surface area (Å²) in [4.78, 5) is 18.5. The van der Waals surface area contributed by atoms with E-state index in [9.17, 15) is 4.79 Å². The SMILES string of the molecule is CC1(c2nc(C34CCC(C(NC(=O)C56CC(C5)C6)c5cccc(-c6nnc(C7CC7)o6)c5)(CC3)C(F)C4)no2)CC1. The van der Waals surface area contributed by atoms with E-state index in [1.165, 1.54) is 0 Å². The summed E-state index contributed by atoms with van der Waals surface area (Å²) >= 11 is 0. The number of hydrogen-bond acceptors (Lipinski definition) is 7. The highest BCUT2D eigenvalue weighted by Gasteiger charge is 2.64. The fourth-order valence-electron chi connectivity index (χ4n) is 8.42. The molecule has 0 spiro atoms. The molecule has 8 saturated carbocycles. The fourth-order valence-corrected chi connectivity index (χ4v) is 8.42. The van der Waals surface area contributed by atoms with Crippen LogP contribution in [0.25, 0.3) is 11.5 Å². The van der Waals surface area contributed by atoms with E-state index in [1.54, 1.807) is 0 Å². The molecule has 0 radical (unpaired) electrons. The third-order valence-corrected chi connectivity index (χ3v) is 12.0. The first-order valence-electron chi connectivity index (χ1n) is 15.5. The summed E-state index contributed by atoms with van der Waals surface area (Å²) in [7, 11) is 0. The molecule has 1 N–H and O–H groups in total. The molecular formula is C32H36FN5O3. The topological polar surface area (TPSA) is 107 Å². The van der Waals surface area contributed by atoms with E-state index in [0.29, 0.717) is 54.6 Å². The Labute approximate surface area is 238 Å². The Bertz CT molecular complexity index is 1530. The van der Waals surface area contributed by atoms with Crippen molar-refractivity contribution in [2.45, 2.75) is 113 Å². The Balaban J connectivity index is 1.05. The van der Waals surface area contributed by atoms with Gasteiger partial charge in [0.05, 0.1) is 6.04 Å². The van der Waals surface area contributed by atoms with Gasteiger partial charge in [-0.1, -0.05) is 24.2 Å². The summed E-state index contributed by atoms with van der Waals surface area (Å²) in [6, 6.07) is 7.53. The molecule has 1 amide bonds. The van der Waals surface area contributed by atoms with Gasteiger partial charge in [-0.25, -0.2) is 4.39 Å². The second-order valence-corrected chi connectivity index (χ2v) is 14.7. The smallest absolute Gasteiger partial charge is 0.247 e. The summed E-state index contributed by atoms with van der Waals surface area (Å²) in [6.45, 7) is 2.15. The number of nitrogens with one attached hydrogen (secondary N) is 1. The molecular weight excluding hydrogens is 521 g/mol. The van der Waals surface area contributed by atoms with Crippen molar-refractivity contribution >= 4 is 5.91 Å². The maximum absolute atomic E-state index is 16.8. The molecule has 2 unspecified atom stereocenters. The first-order valence-corrected chi connectivity index (χ1v) is 15.5. The van der Waals surface area contributed by atoms with Crippen molar-refractivity contribution in [3.05, 3.63) is 47.4 Å². The molecule has 214 valence electrons. The van der Waals surface area contributed by atoms with Crippen molar-refractivity contribution in [3.8, 4) is 11.5 Å². The number of aromatic nitrogens is 4. The van der Waals surface area contributed by atoms with Crippen LogP contribution in [-0.2, 0) is 15.6 Å². The third kappa shape index (κ3) is 3.53. The predicted molar refractivity (Wildman–Crippen MR) is 145 cm³/mol. The van der Waals surface area contributed by atoms with E-state index >= 15 is 4.39 Å². The van der Waals surface area contributed by atoms with Gasteiger partial charge in [-0.3, -0.25) is 4.79 Å². The summed E-state index contributed by atoms with van der Waals surface area (Å²) in [5.41, 5.74) is 0.372. The zero-order valence-electron chi connectivity index (χ0n) is 23.5. The molecule has 8 aliphatic carbocycles. The van der Waals surface area contributed by atoms with Crippen LogP contribution < -0.4 is 5.32 Å². The van der Waals surface area contributed by atoms with E-state index < -0.39 is 23.0 Å². The molecule has 4 bridgehead atoms. The molecule has 11 rings (SSSR count). The Morgan fingerprint density at radius 3 is 2.49 bits per heavy atom. The van der Waals surface area contributed by atoms with Crippen LogP contribution in [0.2, 0.25) is 0 Å². The fraction of sp³-hybridized carbons (Fsp3) is 0.656. The quantitative estimate of drug-likeness (QED) is 0.349. The first kappa shape index (κ1) is 24.5. The van der Waals surface area contributed by atoms with E-state index in [-0.39, 0.29) is 16.7 Å². The van der Waals surface area contributed by atoms with E-state index in [4.69, 9.17) is 13.9 Å². The number of rotatable bonds is 8. The van der Waals surface area contributed by atoms with Gasteiger partial charge in [-0.05, 0) is 101 Å². The largest absolute Gasteiger partial charge is 0.420 e. The molecule has 41 heavy (non-hydrogen) atoms. The molecule has 2 atom stereocenters. The minimum absolute atomic E-state index is 0.0102. The summed E-state index contributed by atoms with van der Waals surface area (Å²) in [5, 5.41) is 16.4. The van der Waals surface area contributed by atoms with Crippen LogP contribution in [0.4, 0.5) is 4.39 Å². The van der Waals surface area contributed by atoms with Crippen molar-refractivity contribution in [2.75, 3.05) is 0 Å². The lowest BCUT2D eigenvalue weighted by Gasteiger charge is -2.61. The molecule has 2 aromatic heterocycles. The van der Waals surface area contributed by atoms with Gasteiger partial charge in [0.1, 0.15) is 6.17 Å². The maximum Gasteiger partial charge on any atom is 0.247 e. The van der Waals surface area contributed by atoms with Crippen molar-refractivity contribution in [3.63, 3.8) is 0 Å². The highest BCUT2D eigenvalue weighted by atomic mass is 19.1. The number of alkyl halides is 1. The van der Waals surface area contributed by atoms with Crippen LogP contribution in [-0.4, -0.2) is 32.4 Å². The predicted octanol–water partition coefficient (Wildman–Crippen LogP) is 6.25. The maximum atomic E-state index is 16.8. The molecule has 9 heteroatoms. The van der Waals surface area contributed by atoms with E-state index in [2.05, 4.69) is 27.6 Å². The highest BCUT2D eigenvalue weighted by Crippen LogP contribution is 2.66. The average Bonchev–Trinajstić information content (AvgIpc) is 3.79. The molecule has 2 heterocycles. The zero-order chi connectivity index (χ0) is 27.6. The molecule has 1 aromatic carbocycles. The molecule has 0 aliphatic heterocycles. The normalized spacial score (nSPS) is 36.7. The number of amides is 1. The minimum Gasteiger partial charge on any atom is -0.420 e. The van der Waals surface area contributed by atoms with Crippen molar-refractivity contribution in [1.82, 2.24) is 25.7 Å². The number of halogens is 1. The monoisotopic (exact) mass is 557 g/mol. The Hall–Kier alpha value is -3.10. The summed E-state index contributed by atoms with van der Waals surface area (Å²) < 4.78 is 28.5. The van der Waals surface area contributed by atoms with Gasteiger partial charge in [0.15, 0.2) is 5.82 Å². The van der Waals surface area contributed by atoms with Gasteiger partial charge in [0.25, 0.3) is 0 Å². The second-order valence-electron chi connectivity index (χ2n) is 14.7. The van der Waals surface area contributed by atoms with Gasteiger partial charge in [0.2, 0.25) is 23.6 Å². The molecule has 0 saturated heterocycles. The lowest BCUT2D eigenvalue weighted by molar-refractivity contribution is -0.169. The number of carbonyl (C=O) groups excluding carboxylic acids is 1. The van der Waals surface area contributed by atoms with E-state index in [0.717, 1.165) is 68.9 Å².